The fraction of sp³-hybridized carbons (Fsp3) is 0.379. The number of ether oxygens (including phenoxy) is 3. The van der Waals surface area contributed by atoms with E-state index < -0.39 is 0 Å². The lowest BCUT2D eigenvalue weighted by molar-refractivity contribution is 0.0376. The van der Waals surface area contributed by atoms with Gasteiger partial charge in [-0.1, -0.05) is 12.1 Å². The second-order valence-corrected chi connectivity index (χ2v) is 9.34. The summed E-state index contributed by atoms with van der Waals surface area (Å²) in [4.78, 5) is 9.69. The Bertz CT molecular complexity index is 1440. The van der Waals surface area contributed by atoms with Gasteiger partial charge in [-0.05, 0) is 55.3 Å². The minimum atomic E-state index is 0.604. The molecule has 1 aliphatic rings. The summed E-state index contributed by atoms with van der Waals surface area (Å²) < 4.78 is 18.9. The Kier molecular flexibility index (Phi) is 7.45. The molecule has 8 nitrogen and oxygen atoms in total. The van der Waals surface area contributed by atoms with Crippen molar-refractivity contribution in [2.75, 3.05) is 58.5 Å². The summed E-state index contributed by atoms with van der Waals surface area (Å²) in [7, 11) is 3.37. The van der Waals surface area contributed by atoms with Crippen molar-refractivity contribution in [1.29, 1.82) is 5.26 Å². The molecule has 0 spiro atoms. The predicted octanol–water partition coefficient (Wildman–Crippen LogP) is 4.41. The number of fused-ring (bicyclic) bond motifs is 3. The van der Waals surface area contributed by atoms with Crippen LogP contribution < -0.4 is 14.4 Å². The molecule has 1 aliphatic heterocycles. The Morgan fingerprint density at radius 1 is 1.08 bits per heavy atom. The Balaban J connectivity index is 1.59. The van der Waals surface area contributed by atoms with Crippen LogP contribution in [0.2, 0.25) is 0 Å². The van der Waals surface area contributed by atoms with Crippen LogP contribution in [0.25, 0.3) is 16.7 Å². The van der Waals surface area contributed by atoms with E-state index in [2.05, 4.69) is 32.4 Å². The van der Waals surface area contributed by atoms with Gasteiger partial charge in [-0.3, -0.25) is 9.30 Å². The van der Waals surface area contributed by atoms with Crippen LogP contribution >= 0.6 is 0 Å². The van der Waals surface area contributed by atoms with E-state index in [0.717, 1.165) is 85.3 Å². The molecule has 0 amide bonds. The fourth-order valence-electron chi connectivity index (χ4n) is 5.10. The third-order valence-corrected chi connectivity index (χ3v) is 7.04. The molecule has 192 valence electrons. The summed E-state index contributed by atoms with van der Waals surface area (Å²) in [6, 6.07) is 18.4. The molecule has 0 unspecified atom stereocenters. The number of hydrogen-bond acceptors (Lipinski definition) is 7. The van der Waals surface area contributed by atoms with Crippen LogP contribution in [0.5, 0.6) is 11.5 Å². The van der Waals surface area contributed by atoms with Crippen molar-refractivity contribution in [3.8, 4) is 17.6 Å². The van der Waals surface area contributed by atoms with Crippen LogP contribution in [0.15, 0.2) is 48.5 Å². The van der Waals surface area contributed by atoms with Crippen molar-refractivity contribution in [3.05, 3.63) is 65.2 Å². The molecule has 2 aromatic heterocycles. The first-order valence-electron chi connectivity index (χ1n) is 12.7. The zero-order valence-electron chi connectivity index (χ0n) is 21.7. The summed E-state index contributed by atoms with van der Waals surface area (Å²) in [5, 5.41) is 9.95. The minimum absolute atomic E-state index is 0.604. The van der Waals surface area contributed by atoms with Crippen LogP contribution in [0.4, 0.5) is 5.82 Å². The van der Waals surface area contributed by atoms with Gasteiger partial charge < -0.3 is 19.1 Å². The topological polar surface area (TPSA) is 75.3 Å². The van der Waals surface area contributed by atoms with Gasteiger partial charge >= 0.3 is 0 Å². The van der Waals surface area contributed by atoms with Gasteiger partial charge in [0, 0.05) is 38.3 Å². The minimum Gasteiger partial charge on any atom is -0.497 e. The zero-order chi connectivity index (χ0) is 25.8. The SMILES string of the molecule is COc1ccc(OC)c(CN(CCCN2CCOCC2)c2cc(C)c(C#N)c3nc4ccccc4n23)c1. The lowest BCUT2D eigenvalue weighted by Crippen LogP contribution is -2.38. The van der Waals surface area contributed by atoms with Crippen molar-refractivity contribution in [2.24, 2.45) is 0 Å². The third-order valence-electron chi connectivity index (χ3n) is 7.04. The Morgan fingerprint density at radius 2 is 1.89 bits per heavy atom. The Labute approximate surface area is 217 Å². The fourth-order valence-corrected chi connectivity index (χ4v) is 5.10. The van der Waals surface area contributed by atoms with E-state index in [9.17, 15) is 5.26 Å². The van der Waals surface area contributed by atoms with Gasteiger partial charge in [0.1, 0.15) is 23.4 Å². The number of methoxy groups -OCH3 is 2. The molecule has 37 heavy (non-hydrogen) atoms. The molecule has 0 saturated carbocycles. The van der Waals surface area contributed by atoms with Crippen molar-refractivity contribution < 1.29 is 14.2 Å². The molecule has 8 heteroatoms. The van der Waals surface area contributed by atoms with E-state index in [1.54, 1.807) is 14.2 Å². The summed E-state index contributed by atoms with van der Waals surface area (Å²) >= 11 is 0. The molecule has 1 fully saturated rings. The van der Waals surface area contributed by atoms with Gasteiger partial charge in [0.25, 0.3) is 0 Å². The molecular formula is C29H33N5O3. The van der Waals surface area contributed by atoms with Gasteiger partial charge in [0.05, 0.1) is 44.0 Å². The molecule has 1 saturated heterocycles. The lowest BCUT2D eigenvalue weighted by atomic mass is 10.1. The molecule has 0 aliphatic carbocycles. The Morgan fingerprint density at radius 3 is 2.65 bits per heavy atom. The number of pyridine rings is 1. The zero-order valence-corrected chi connectivity index (χ0v) is 21.7. The number of aryl methyl sites for hydroxylation is 1. The second kappa shape index (κ2) is 11.1. The number of hydrogen-bond donors (Lipinski definition) is 0. The van der Waals surface area contributed by atoms with Crippen molar-refractivity contribution in [1.82, 2.24) is 14.3 Å². The largest absolute Gasteiger partial charge is 0.497 e. The number of anilines is 1. The van der Waals surface area contributed by atoms with Crippen LogP contribution in [0.1, 0.15) is 23.1 Å². The lowest BCUT2D eigenvalue weighted by Gasteiger charge is -2.30. The smallest absolute Gasteiger partial charge is 0.157 e. The summed E-state index contributed by atoms with van der Waals surface area (Å²) in [6.07, 6.45) is 0.986. The maximum Gasteiger partial charge on any atom is 0.157 e. The first-order valence-corrected chi connectivity index (χ1v) is 12.7. The molecule has 0 N–H and O–H groups in total. The number of nitriles is 1. The molecule has 0 atom stereocenters. The van der Waals surface area contributed by atoms with E-state index in [1.807, 2.05) is 43.3 Å². The number of morpholine rings is 1. The maximum absolute atomic E-state index is 9.95. The van der Waals surface area contributed by atoms with E-state index in [-0.39, 0.29) is 0 Å². The first-order chi connectivity index (χ1) is 18.1. The van der Waals surface area contributed by atoms with Crippen LogP contribution in [0, 0.1) is 18.3 Å². The average Bonchev–Trinajstić information content (AvgIpc) is 3.32. The predicted molar refractivity (Wildman–Crippen MR) is 145 cm³/mol. The molecule has 2 aromatic carbocycles. The number of nitrogens with zero attached hydrogens (tertiary/aromatic N) is 5. The van der Waals surface area contributed by atoms with Crippen LogP contribution in [0.3, 0.4) is 0 Å². The van der Waals surface area contributed by atoms with E-state index in [4.69, 9.17) is 19.2 Å². The highest BCUT2D eigenvalue weighted by molar-refractivity contribution is 5.85. The van der Waals surface area contributed by atoms with Crippen molar-refractivity contribution in [3.63, 3.8) is 0 Å². The van der Waals surface area contributed by atoms with E-state index in [1.165, 1.54) is 0 Å². The highest BCUT2D eigenvalue weighted by Gasteiger charge is 2.21. The van der Waals surface area contributed by atoms with Crippen LogP contribution in [-0.2, 0) is 11.3 Å². The van der Waals surface area contributed by atoms with E-state index in [0.29, 0.717) is 17.8 Å². The third kappa shape index (κ3) is 5.06. The number of rotatable bonds is 9. The average molecular weight is 500 g/mol. The van der Waals surface area contributed by atoms with Gasteiger partial charge in [0.2, 0.25) is 0 Å². The number of para-hydroxylation sites is 2. The quantitative estimate of drug-likeness (QED) is 0.338. The van der Waals surface area contributed by atoms with Gasteiger partial charge in [-0.25, -0.2) is 4.98 Å². The highest BCUT2D eigenvalue weighted by Crippen LogP contribution is 2.32. The number of benzene rings is 2. The van der Waals surface area contributed by atoms with Crippen molar-refractivity contribution in [2.45, 2.75) is 19.9 Å². The molecule has 0 bridgehead atoms. The van der Waals surface area contributed by atoms with Gasteiger partial charge in [-0.2, -0.15) is 5.26 Å². The highest BCUT2D eigenvalue weighted by atomic mass is 16.5. The summed E-state index contributed by atoms with van der Waals surface area (Å²) in [6.45, 7) is 7.95. The summed E-state index contributed by atoms with van der Waals surface area (Å²) in [5.41, 5.74) is 5.10. The molecular weight excluding hydrogens is 466 g/mol. The van der Waals surface area contributed by atoms with Crippen LogP contribution in [-0.4, -0.2) is 67.9 Å². The molecule has 5 rings (SSSR count). The number of aromatic nitrogens is 2. The number of imidazole rings is 1. The first kappa shape index (κ1) is 24.9. The molecule has 3 heterocycles. The second-order valence-electron chi connectivity index (χ2n) is 9.34. The standard InChI is InChI=1S/C29H33N5O3/c1-21-17-28(34-26-8-5-4-7-25(26)31-29(34)24(21)19-30)33(12-6-11-32-13-15-37-16-14-32)20-22-18-23(35-2)9-10-27(22)36-3/h4-5,7-10,17-18H,6,11-16,20H2,1-3H3. The van der Waals surface area contributed by atoms with Crippen molar-refractivity contribution >= 4 is 22.5 Å². The molecule has 0 radical (unpaired) electrons. The molecule has 4 aromatic rings. The van der Waals surface area contributed by atoms with Gasteiger partial charge in [-0.15, -0.1) is 0 Å². The normalized spacial score (nSPS) is 14.1. The summed E-state index contributed by atoms with van der Waals surface area (Å²) in [5.74, 6) is 2.61. The maximum atomic E-state index is 9.95. The monoisotopic (exact) mass is 499 g/mol. The Hall–Kier alpha value is -3.80. The van der Waals surface area contributed by atoms with Gasteiger partial charge in [0.15, 0.2) is 5.65 Å². The van der Waals surface area contributed by atoms with E-state index >= 15 is 0 Å².